The van der Waals surface area contributed by atoms with Crippen LogP contribution in [0.2, 0.25) is 5.02 Å². The molecular weight excluding hydrogens is 552 g/mol. The number of fused-ring (bicyclic) bond motifs is 2. The molecule has 0 bridgehead atoms. The van der Waals surface area contributed by atoms with E-state index in [0.29, 0.717) is 52.8 Å². The molecular formula is C31H31ClN8O2. The van der Waals surface area contributed by atoms with E-state index in [9.17, 15) is 9.59 Å². The van der Waals surface area contributed by atoms with E-state index in [2.05, 4.69) is 40.6 Å². The van der Waals surface area contributed by atoms with Crippen LogP contribution in [0.15, 0.2) is 66.0 Å². The quantitative estimate of drug-likeness (QED) is 0.271. The van der Waals surface area contributed by atoms with Crippen molar-refractivity contribution in [3.63, 3.8) is 0 Å². The van der Waals surface area contributed by atoms with Gasteiger partial charge < -0.3 is 9.80 Å². The lowest BCUT2D eigenvalue weighted by molar-refractivity contribution is -0.126. The molecule has 214 valence electrons. The topological polar surface area (TPSA) is 102 Å². The van der Waals surface area contributed by atoms with Crippen molar-refractivity contribution in [3.05, 3.63) is 87.8 Å². The molecule has 10 nitrogen and oxygen atoms in total. The second-order valence-corrected chi connectivity index (χ2v) is 10.8. The van der Waals surface area contributed by atoms with Gasteiger partial charge in [-0.25, -0.2) is 14.3 Å². The second-order valence-electron chi connectivity index (χ2n) is 10.4. The number of carbonyl (C=O) groups is 1. The zero-order chi connectivity index (χ0) is 29.5. The largest absolute Gasteiger partial charge is 0.355 e. The number of nitrogens with zero attached hydrogens (tertiary/aromatic N) is 8. The SMILES string of the molecule is C=CC(=O)N1CCN(c2nc(=O)n(-c3c(CC)cccc3CC)c3nc(-n4nnc5ccccc54)c(Cl)cc23)C(C)C1. The summed E-state index contributed by atoms with van der Waals surface area (Å²) in [7, 11) is 0. The van der Waals surface area contributed by atoms with Crippen LogP contribution in [-0.2, 0) is 17.6 Å². The summed E-state index contributed by atoms with van der Waals surface area (Å²) in [4.78, 5) is 39.9. The summed E-state index contributed by atoms with van der Waals surface area (Å²) in [6.07, 6.45) is 2.78. The number of pyridine rings is 1. The van der Waals surface area contributed by atoms with Gasteiger partial charge in [0.1, 0.15) is 11.3 Å². The second kappa shape index (κ2) is 11.0. The number of rotatable bonds is 6. The Labute approximate surface area is 247 Å². The first kappa shape index (κ1) is 27.6. The highest BCUT2D eigenvalue weighted by atomic mass is 35.5. The Kier molecular flexibility index (Phi) is 7.24. The van der Waals surface area contributed by atoms with Gasteiger partial charge in [-0.2, -0.15) is 9.67 Å². The van der Waals surface area contributed by atoms with Gasteiger partial charge in [0.15, 0.2) is 11.5 Å². The molecule has 1 unspecified atom stereocenters. The van der Waals surface area contributed by atoms with Gasteiger partial charge in [0.2, 0.25) is 5.91 Å². The normalized spacial score (nSPS) is 15.5. The fraction of sp³-hybridized carbons (Fsp3) is 0.290. The van der Waals surface area contributed by atoms with Crippen molar-refractivity contribution < 1.29 is 4.79 Å². The van der Waals surface area contributed by atoms with Gasteiger partial charge in [-0.05, 0) is 55.2 Å². The number of hydrogen-bond donors (Lipinski definition) is 0. The lowest BCUT2D eigenvalue weighted by Crippen LogP contribution is -2.54. The summed E-state index contributed by atoms with van der Waals surface area (Å²) in [5, 5.41) is 9.61. The number of anilines is 1. The summed E-state index contributed by atoms with van der Waals surface area (Å²) in [5.74, 6) is 0.734. The third-order valence-corrected chi connectivity index (χ3v) is 8.19. The zero-order valence-corrected chi connectivity index (χ0v) is 24.5. The molecule has 1 atom stereocenters. The summed E-state index contributed by atoms with van der Waals surface area (Å²) >= 11 is 6.93. The van der Waals surface area contributed by atoms with Crippen LogP contribution in [0.3, 0.4) is 0 Å². The van der Waals surface area contributed by atoms with Gasteiger partial charge in [0.05, 0.1) is 21.6 Å². The number of para-hydroxylation sites is 2. The predicted octanol–water partition coefficient (Wildman–Crippen LogP) is 4.52. The number of aryl methyl sites for hydroxylation is 2. The molecule has 0 radical (unpaired) electrons. The summed E-state index contributed by atoms with van der Waals surface area (Å²) in [6.45, 7) is 11.2. The van der Waals surface area contributed by atoms with E-state index in [0.717, 1.165) is 35.2 Å². The molecule has 1 aliphatic rings. The van der Waals surface area contributed by atoms with E-state index in [4.69, 9.17) is 16.6 Å². The molecule has 0 N–H and O–H groups in total. The Balaban J connectivity index is 1.64. The molecule has 6 rings (SSSR count). The molecule has 0 spiro atoms. The molecule has 11 heteroatoms. The molecule has 1 fully saturated rings. The number of piperazine rings is 1. The van der Waals surface area contributed by atoms with E-state index >= 15 is 0 Å². The van der Waals surface area contributed by atoms with E-state index in [1.165, 1.54) is 6.08 Å². The molecule has 3 aromatic heterocycles. The minimum atomic E-state index is -0.436. The Bertz CT molecular complexity index is 1890. The van der Waals surface area contributed by atoms with E-state index in [1.807, 2.05) is 55.5 Å². The molecule has 1 aliphatic heterocycles. The first-order valence-electron chi connectivity index (χ1n) is 14.1. The van der Waals surface area contributed by atoms with Crippen LogP contribution in [0.4, 0.5) is 5.82 Å². The maximum absolute atomic E-state index is 14.1. The molecule has 1 amide bonds. The van der Waals surface area contributed by atoms with E-state index in [-0.39, 0.29) is 11.9 Å². The third kappa shape index (κ3) is 4.52. The van der Waals surface area contributed by atoms with Crippen molar-refractivity contribution in [1.82, 2.24) is 34.4 Å². The van der Waals surface area contributed by atoms with Crippen LogP contribution in [0.5, 0.6) is 0 Å². The van der Waals surface area contributed by atoms with Crippen molar-refractivity contribution in [2.45, 2.75) is 39.7 Å². The standard InChI is InChI=1S/C31H31ClN8O2/c1-5-20-11-10-12-21(6-2)27(20)39-29-22(17-23(32)30(33-29)40-25-14-9-8-13-24(25)35-36-40)28(34-31(39)42)38-16-15-37(18-19(38)4)26(41)7-3/h7-14,17,19H,3,5-6,15-16,18H2,1-2,4H3. The highest BCUT2D eigenvalue weighted by Crippen LogP contribution is 2.33. The minimum Gasteiger partial charge on any atom is -0.350 e. The van der Waals surface area contributed by atoms with Gasteiger partial charge in [0, 0.05) is 25.7 Å². The fourth-order valence-electron chi connectivity index (χ4n) is 5.79. The van der Waals surface area contributed by atoms with Crippen LogP contribution in [0.25, 0.3) is 33.6 Å². The van der Waals surface area contributed by atoms with Crippen molar-refractivity contribution in [1.29, 1.82) is 0 Å². The molecule has 0 aliphatic carbocycles. The number of halogens is 1. The molecule has 5 aromatic rings. The van der Waals surface area contributed by atoms with Gasteiger partial charge >= 0.3 is 5.69 Å². The number of benzene rings is 2. The Morgan fingerprint density at radius 2 is 1.79 bits per heavy atom. The highest BCUT2D eigenvalue weighted by Gasteiger charge is 2.30. The monoisotopic (exact) mass is 582 g/mol. The first-order valence-corrected chi connectivity index (χ1v) is 14.5. The molecule has 4 heterocycles. The first-order chi connectivity index (χ1) is 20.4. The van der Waals surface area contributed by atoms with Crippen molar-refractivity contribution in [2.24, 2.45) is 0 Å². The minimum absolute atomic E-state index is 0.111. The third-order valence-electron chi connectivity index (χ3n) is 7.91. The molecule has 1 saturated heterocycles. The summed E-state index contributed by atoms with van der Waals surface area (Å²) < 4.78 is 3.21. The van der Waals surface area contributed by atoms with E-state index in [1.54, 1.807) is 14.1 Å². The van der Waals surface area contributed by atoms with Gasteiger partial charge in [-0.15, -0.1) is 5.10 Å². The maximum atomic E-state index is 14.1. The summed E-state index contributed by atoms with van der Waals surface area (Å²) in [5.41, 5.74) is 4.26. The van der Waals surface area contributed by atoms with Crippen LogP contribution >= 0.6 is 11.6 Å². The van der Waals surface area contributed by atoms with Gasteiger partial charge in [-0.3, -0.25) is 4.79 Å². The van der Waals surface area contributed by atoms with Gasteiger partial charge in [0.25, 0.3) is 0 Å². The van der Waals surface area contributed by atoms with Gasteiger partial charge in [-0.1, -0.05) is 67.6 Å². The van der Waals surface area contributed by atoms with Crippen molar-refractivity contribution in [2.75, 3.05) is 24.5 Å². The Morgan fingerprint density at radius 3 is 2.48 bits per heavy atom. The summed E-state index contributed by atoms with van der Waals surface area (Å²) in [6, 6.07) is 15.3. The highest BCUT2D eigenvalue weighted by molar-refractivity contribution is 6.33. The van der Waals surface area contributed by atoms with Crippen LogP contribution in [0.1, 0.15) is 31.9 Å². The molecule has 2 aromatic carbocycles. The number of carbonyl (C=O) groups excluding carboxylic acids is 1. The zero-order valence-electron chi connectivity index (χ0n) is 23.8. The maximum Gasteiger partial charge on any atom is 0.355 e. The van der Waals surface area contributed by atoms with E-state index < -0.39 is 5.69 Å². The average Bonchev–Trinajstić information content (AvgIpc) is 3.44. The predicted molar refractivity (Wildman–Crippen MR) is 165 cm³/mol. The molecule has 0 saturated carbocycles. The fourth-order valence-corrected chi connectivity index (χ4v) is 6.03. The van der Waals surface area contributed by atoms with Crippen molar-refractivity contribution in [3.8, 4) is 11.5 Å². The Morgan fingerprint density at radius 1 is 1.05 bits per heavy atom. The number of amides is 1. The number of aromatic nitrogens is 6. The Hall–Kier alpha value is -4.57. The lowest BCUT2D eigenvalue weighted by Gasteiger charge is -2.40. The number of hydrogen-bond acceptors (Lipinski definition) is 7. The smallest absolute Gasteiger partial charge is 0.350 e. The van der Waals surface area contributed by atoms with Crippen LogP contribution in [0, 0.1) is 0 Å². The van der Waals surface area contributed by atoms with Crippen molar-refractivity contribution >= 4 is 45.4 Å². The molecule has 42 heavy (non-hydrogen) atoms. The van der Waals surface area contributed by atoms with Crippen LogP contribution < -0.4 is 10.6 Å². The lowest BCUT2D eigenvalue weighted by atomic mass is 10.0. The van der Waals surface area contributed by atoms with Crippen LogP contribution in [-0.4, -0.2) is 66.0 Å². The average molecular weight is 583 g/mol.